The van der Waals surface area contributed by atoms with Gasteiger partial charge in [0.15, 0.2) is 0 Å². The summed E-state index contributed by atoms with van der Waals surface area (Å²) in [4.78, 5) is 11.3. The van der Waals surface area contributed by atoms with Crippen LogP contribution in [0.2, 0.25) is 0 Å². The van der Waals surface area contributed by atoms with Gasteiger partial charge in [-0.25, -0.2) is 4.98 Å². The van der Waals surface area contributed by atoms with Crippen LogP contribution < -0.4 is 10.2 Å². The van der Waals surface area contributed by atoms with Gasteiger partial charge < -0.3 is 10.2 Å². The van der Waals surface area contributed by atoms with Crippen molar-refractivity contribution < 1.29 is 0 Å². The number of para-hydroxylation sites is 1. The largest absolute Gasteiger partial charge is 0.355 e. The van der Waals surface area contributed by atoms with Crippen LogP contribution in [0.25, 0.3) is 0 Å². The molecule has 0 radical (unpaired) electrons. The molecule has 3 aromatic rings. The quantitative estimate of drug-likeness (QED) is 0.658. The highest BCUT2D eigenvalue weighted by Crippen LogP contribution is 2.29. The molecule has 1 aromatic heterocycles. The van der Waals surface area contributed by atoms with Crippen molar-refractivity contribution in [1.82, 2.24) is 9.97 Å². The SMILES string of the molecule is Cc1cccc(C(C)C)c1Nc1nccc(N(C)Cc2ccccc2)n1. The molecule has 0 amide bonds. The summed E-state index contributed by atoms with van der Waals surface area (Å²) >= 11 is 0. The number of anilines is 3. The van der Waals surface area contributed by atoms with E-state index in [9.17, 15) is 0 Å². The van der Waals surface area contributed by atoms with Gasteiger partial charge in [-0.05, 0) is 35.6 Å². The average molecular weight is 346 g/mol. The van der Waals surface area contributed by atoms with E-state index in [1.807, 2.05) is 19.2 Å². The maximum Gasteiger partial charge on any atom is 0.229 e. The first kappa shape index (κ1) is 17.9. The summed E-state index contributed by atoms with van der Waals surface area (Å²) in [5.74, 6) is 1.95. The molecule has 0 unspecified atom stereocenters. The Morgan fingerprint density at radius 3 is 2.50 bits per heavy atom. The van der Waals surface area contributed by atoms with Crippen molar-refractivity contribution in [3.63, 3.8) is 0 Å². The van der Waals surface area contributed by atoms with E-state index in [1.54, 1.807) is 6.20 Å². The fourth-order valence-electron chi connectivity index (χ4n) is 3.01. The summed E-state index contributed by atoms with van der Waals surface area (Å²) < 4.78 is 0. The number of rotatable bonds is 6. The van der Waals surface area contributed by atoms with Gasteiger partial charge in [0.25, 0.3) is 0 Å². The second kappa shape index (κ2) is 8.00. The van der Waals surface area contributed by atoms with Crippen molar-refractivity contribution in [3.05, 3.63) is 77.5 Å². The predicted molar refractivity (Wildman–Crippen MR) is 109 cm³/mol. The molecule has 0 atom stereocenters. The molecule has 4 heteroatoms. The van der Waals surface area contributed by atoms with Crippen molar-refractivity contribution in [2.24, 2.45) is 0 Å². The van der Waals surface area contributed by atoms with Crippen molar-refractivity contribution in [2.75, 3.05) is 17.3 Å². The number of hydrogen-bond donors (Lipinski definition) is 1. The maximum atomic E-state index is 4.71. The summed E-state index contributed by atoms with van der Waals surface area (Å²) in [6.07, 6.45) is 1.81. The highest BCUT2D eigenvalue weighted by Gasteiger charge is 2.11. The Kier molecular flexibility index (Phi) is 5.52. The summed E-state index contributed by atoms with van der Waals surface area (Å²) in [7, 11) is 2.05. The lowest BCUT2D eigenvalue weighted by Crippen LogP contribution is -2.18. The Hall–Kier alpha value is -2.88. The van der Waals surface area contributed by atoms with Crippen LogP contribution in [0.3, 0.4) is 0 Å². The minimum atomic E-state index is 0.432. The minimum Gasteiger partial charge on any atom is -0.355 e. The van der Waals surface area contributed by atoms with Gasteiger partial charge in [0, 0.05) is 25.5 Å². The van der Waals surface area contributed by atoms with Crippen molar-refractivity contribution in [1.29, 1.82) is 0 Å². The monoisotopic (exact) mass is 346 g/mol. The van der Waals surface area contributed by atoms with Crippen LogP contribution in [-0.4, -0.2) is 17.0 Å². The van der Waals surface area contributed by atoms with Crippen LogP contribution in [0, 0.1) is 6.92 Å². The van der Waals surface area contributed by atoms with E-state index >= 15 is 0 Å². The smallest absolute Gasteiger partial charge is 0.229 e. The Morgan fingerprint density at radius 2 is 1.77 bits per heavy atom. The summed E-state index contributed by atoms with van der Waals surface area (Å²) in [6, 6.07) is 18.7. The van der Waals surface area contributed by atoms with Crippen molar-refractivity contribution in [3.8, 4) is 0 Å². The molecule has 0 aliphatic rings. The van der Waals surface area contributed by atoms with Crippen LogP contribution in [0.1, 0.15) is 36.5 Å². The molecular weight excluding hydrogens is 320 g/mol. The molecule has 1 heterocycles. The first-order valence-electron chi connectivity index (χ1n) is 8.99. The average Bonchev–Trinajstić information content (AvgIpc) is 2.64. The predicted octanol–water partition coefficient (Wildman–Crippen LogP) is 5.29. The van der Waals surface area contributed by atoms with E-state index in [4.69, 9.17) is 4.98 Å². The Bertz CT molecular complexity index is 859. The van der Waals surface area contributed by atoms with E-state index in [2.05, 4.69) is 78.4 Å². The molecular formula is C22H26N4. The fourth-order valence-corrected chi connectivity index (χ4v) is 3.01. The summed E-state index contributed by atoms with van der Waals surface area (Å²) in [6.45, 7) is 7.31. The molecule has 2 aromatic carbocycles. The number of benzene rings is 2. The third-order valence-electron chi connectivity index (χ3n) is 4.46. The molecule has 1 N–H and O–H groups in total. The maximum absolute atomic E-state index is 4.71. The third kappa shape index (κ3) is 4.20. The first-order chi connectivity index (χ1) is 12.5. The zero-order chi connectivity index (χ0) is 18.5. The van der Waals surface area contributed by atoms with Gasteiger partial charge in [-0.3, -0.25) is 0 Å². The van der Waals surface area contributed by atoms with Gasteiger partial charge in [-0.15, -0.1) is 0 Å². The van der Waals surface area contributed by atoms with Crippen molar-refractivity contribution in [2.45, 2.75) is 33.2 Å². The molecule has 0 spiro atoms. The lowest BCUT2D eigenvalue weighted by molar-refractivity contribution is 0.865. The molecule has 0 saturated carbocycles. The van der Waals surface area contributed by atoms with E-state index < -0.39 is 0 Å². The van der Waals surface area contributed by atoms with Gasteiger partial charge in [-0.2, -0.15) is 4.98 Å². The van der Waals surface area contributed by atoms with Gasteiger partial charge in [0.1, 0.15) is 5.82 Å². The highest BCUT2D eigenvalue weighted by atomic mass is 15.2. The normalized spacial score (nSPS) is 10.8. The van der Waals surface area contributed by atoms with E-state index in [1.165, 1.54) is 16.7 Å². The molecule has 0 saturated heterocycles. The number of hydrogen-bond acceptors (Lipinski definition) is 4. The molecule has 26 heavy (non-hydrogen) atoms. The number of nitrogens with zero attached hydrogens (tertiary/aromatic N) is 3. The van der Waals surface area contributed by atoms with Crippen LogP contribution in [0.4, 0.5) is 17.5 Å². The molecule has 0 aliphatic carbocycles. The molecule has 0 fully saturated rings. The Balaban J connectivity index is 1.82. The van der Waals surface area contributed by atoms with E-state index in [0.29, 0.717) is 11.9 Å². The highest BCUT2D eigenvalue weighted by molar-refractivity contribution is 5.64. The summed E-state index contributed by atoms with van der Waals surface area (Å²) in [5.41, 5.74) is 4.83. The lowest BCUT2D eigenvalue weighted by Gasteiger charge is -2.20. The number of aromatic nitrogens is 2. The van der Waals surface area contributed by atoms with Gasteiger partial charge in [-0.1, -0.05) is 62.4 Å². The second-order valence-corrected chi connectivity index (χ2v) is 6.90. The first-order valence-corrected chi connectivity index (χ1v) is 8.99. The van der Waals surface area contributed by atoms with Crippen LogP contribution in [0.15, 0.2) is 60.8 Å². The minimum absolute atomic E-state index is 0.432. The molecule has 134 valence electrons. The number of nitrogens with one attached hydrogen (secondary N) is 1. The summed E-state index contributed by atoms with van der Waals surface area (Å²) in [5, 5.41) is 3.43. The van der Waals surface area contributed by atoms with Crippen molar-refractivity contribution >= 4 is 17.5 Å². The number of aryl methyl sites for hydroxylation is 1. The Labute approximate surface area is 155 Å². The molecule has 4 nitrogen and oxygen atoms in total. The van der Waals surface area contributed by atoms with Crippen LogP contribution >= 0.6 is 0 Å². The second-order valence-electron chi connectivity index (χ2n) is 6.90. The Morgan fingerprint density at radius 1 is 1.00 bits per heavy atom. The van der Waals surface area contributed by atoms with Crippen LogP contribution in [-0.2, 0) is 6.54 Å². The zero-order valence-corrected chi connectivity index (χ0v) is 15.9. The molecule has 0 bridgehead atoms. The molecule has 3 rings (SSSR count). The van der Waals surface area contributed by atoms with Gasteiger partial charge in [0.2, 0.25) is 5.95 Å². The molecule has 0 aliphatic heterocycles. The van der Waals surface area contributed by atoms with Gasteiger partial charge in [0.05, 0.1) is 0 Å². The standard InChI is InChI=1S/C22H26N4/c1-16(2)19-12-8-9-17(3)21(19)25-22-23-14-13-20(24-22)26(4)15-18-10-6-5-7-11-18/h5-14,16H,15H2,1-4H3,(H,23,24,25). The fraction of sp³-hybridized carbons (Fsp3) is 0.273. The third-order valence-corrected chi connectivity index (χ3v) is 4.46. The zero-order valence-electron chi connectivity index (χ0n) is 15.9. The van der Waals surface area contributed by atoms with E-state index in [0.717, 1.165) is 18.1 Å². The topological polar surface area (TPSA) is 41.1 Å². The van der Waals surface area contributed by atoms with Crippen LogP contribution in [0.5, 0.6) is 0 Å². The van der Waals surface area contributed by atoms with E-state index in [-0.39, 0.29) is 0 Å². The lowest BCUT2D eigenvalue weighted by atomic mass is 9.98. The van der Waals surface area contributed by atoms with Gasteiger partial charge >= 0.3 is 0 Å².